The van der Waals surface area contributed by atoms with Crippen LogP contribution in [0.5, 0.6) is 5.75 Å². The number of nitrogens with one attached hydrogen (secondary N) is 2. The fraction of sp³-hybridized carbons (Fsp3) is 0.300. The number of nitriles is 1. The summed E-state index contributed by atoms with van der Waals surface area (Å²) in [5.41, 5.74) is 0.681. The molecule has 6 nitrogen and oxygen atoms in total. The molecule has 0 saturated heterocycles. The van der Waals surface area contributed by atoms with Crippen LogP contribution in [0.3, 0.4) is 0 Å². The summed E-state index contributed by atoms with van der Waals surface area (Å²) in [6, 6.07) is 6.39. The van der Waals surface area contributed by atoms with Crippen molar-refractivity contribution in [2.24, 2.45) is 0 Å². The third-order valence-corrected chi connectivity index (χ3v) is 3.07. The number of anilines is 1. The van der Waals surface area contributed by atoms with Crippen LogP contribution in [-0.2, 0) is 10.2 Å². The summed E-state index contributed by atoms with van der Waals surface area (Å²) in [5, 5.41) is 8.71. The van der Waals surface area contributed by atoms with Crippen molar-refractivity contribution in [3.05, 3.63) is 23.8 Å². The molecule has 0 aliphatic carbocycles. The first-order valence-electron chi connectivity index (χ1n) is 4.88. The zero-order chi connectivity index (χ0) is 12.9. The molecule has 1 aromatic carbocycles. The summed E-state index contributed by atoms with van der Waals surface area (Å²) >= 11 is 0. The summed E-state index contributed by atoms with van der Waals surface area (Å²) in [6.07, 6.45) is 0. The van der Waals surface area contributed by atoms with Gasteiger partial charge < -0.3 is 4.74 Å². The Morgan fingerprint density at radius 3 is 2.71 bits per heavy atom. The minimum absolute atomic E-state index is 0.285. The molecule has 92 valence electrons. The standard InChI is InChI=1S/C10H13N3O3S/c1-3-12-17(14,15)13-9-5-4-8(7-11)6-10(9)16-2/h4-6,12-13H,3H2,1-2H3. The molecule has 2 N–H and O–H groups in total. The van der Waals surface area contributed by atoms with Crippen LogP contribution in [0.25, 0.3) is 0 Å². The van der Waals surface area contributed by atoms with E-state index < -0.39 is 10.2 Å². The van der Waals surface area contributed by atoms with Crippen LogP contribution in [0.15, 0.2) is 18.2 Å². The van der Waals surface area contributed by atoms with Crippen molar-refractivity contribution in [3.8, 4) is 11.8 Å². The van der Waals surface area contributed by atoms with Crippen molar-refractivity contribution in [1.82, 2.24) is 4.72 Å². The van der Waals surface area contributed by atoms with Crippen LogP contribution >= 0.6 is 0 Å². The van der Waals surface area contributed by atoms with Crippen molar-refractivity contribution < 1.29 is 13.2 Å². The van der Waals surface area contributed by atoms with Crippen molar-refractivity contribution in [1.29, 1.82) is 5.26 Å². The topological polar surface area (TPSA) is 91.2 Å². The van der Waals surface area contributed by atoms with Crippen LogP contribution in [-0.4, -0.2) is 22.1 Å². The second kappa shape index (κ2) is 5.52. The number of rotatable bonds is 5. The number of hydrogen-bond acceptors (Lipinski definition) is 4. The third kappa shape index (κ3) is 3.62. The van der Waals surface area contributed by atoms with Crippen LogP contribution in [0.2, 0.25) is 0 Å². The molecule has 0 unspecified atom stereocenters. The first kappa shape index (κ1) is 13.3. The maximum absolute atomic E-state index is 11.5. The van der Waals surface area contributed by atoms with Crippen LogP contribution in [0, 0.1) is 11.3 Å². The Kier molecular flexibility index (Phi) is 4.31. The Morgan fingerprint density at radius 2 is 2.18 bits per heavy atom. The Labute approximate surface area is 100 Å². The van der Waals surface area contributed by atoms with Gasteiger partial charge in [0.15, 0.2) is 0 Å². The second-order valence-corrected chi connectivity index (χ2v) is 4.63. The second-order valence-electron chi connectivity index (χ2n) is 3.13. The molecule has 0 spiro atoms. The van der Waals surface area contributed by atoms with Crippen LogP contribution in [0.1, 0.15) is 12.5 Å². The number of methoxy groups -OCH3 is 1. The highest BCUT2D eigenvalue weighted by molar-refractivity contribution is 7.90. The SMILES string of the molecule is CCNS(=O)(=O)Nc1ccc(C#N)cc1OC. The number of hydrogen-bond donors (Lipinski definition) is 2. The minimum Gasteiger partial charge on any atom is -0.495 e. The van der Waals surface area contributed by atoms with Crippen molar-refractivity contribution in [2.45, 2.75) is 6.92 Å². The van der Waals surface area contributed by atoms with Gasteiger partial charge in [-0.05, 0) is 12.1 Å². The van der Waals surface area contributed by atoms with Gasteiger partial charge in [-0.15, -0.1) is 0 Å². The number of nitrogens with zero attached hydrogens (tertiary/aromatic N) is 1. The molecule has 7 heteroatoms. The molecule has 17 heavy (non-hydrogen) atoms. The largest absolute Gasteiger partial charge is 0.495 e. The first-order valence-corrected chi connectivity index (χ1v) is 6.36. The van der Waals surface area contributed by atoms with Gasteiger partial charge in [0, 0.05) is 12.6 Å². The lowest BCUT2D eigenvalue weighted by molar-refractivity contribution is 0.416. The fourth-order valence-corrected chi connectivity index (χ4v) is 2.13. The highest BCUT2D eigenvalue weighted by Gasteiger charge is 2.12. The van der Waals surface area contributed by atoms with E-state index in [4.69, 9.17) is 10.00 Å². The van der Waals surface area contributed by atoms with Gasteiger partial charge in [0.1, 0.15) is 5.75 Å². The summed E-state index contributed by atoms with van der Waals surface area (Å²) in [4.78, 5) is 0. The Hall–Kier alpha value is -1.78. The van der Waals surface area contributed by atoms with E-state index in [1.807, 2.05) is 6.07 Å². The Morgan fingerprint density at radius 1 is 1.47 bits per heavy atom. The Bertz CT molecular complexity index is 534. The lowest BCUT2D eigenvalue weighted by Crippen LogP contribution is -2.29. The maximum Gasteiger partial charge on any atom is 0.299 e. The van der Waals surface area contributed by atoms with E-state index in [-0.39, 0.29) is 12.2 Å². The van der Waals surface area contributed by atoms with Gasteiger partial charge in [0.25, 0.3) is 10.2 Å². The van der Waals surface area contributed by atoms with Gasteiger partial charge in [0.05, 0.1) is 24.4 Å². The molecule has 0 amide bonds. The maximum atomic E-state index is 11.5. The van der Waals surface area contributed by atoms with E-state index in [1.54, 1.807) is 6.92 Å². The Balaban J connectivity index is 3.04. The number of benzene rings is 1. The van der Waals surface area contributed by atoms with Crippen molar-refractivity contribution in [3.63, 3.8) is 0 Å². The molecule has 0 radical (unpaired) electrons. The van der Waals surface area contributed by atoms with Crippen molar-refractivity contribution >= 4 is 15.9 Å². The summed E-state index contributed by atoms with van der Waals surface area (Å²) in [7, 11) is -2.20. The monoisotopic (exact) mass is 255 g/mol. The quantitative estimate of drug-likeness (QED) is 0.815. The summed E-state index contributed by atoms with van der Waals surface area (Å²) in [5.74, 6) is 0.297. The van der Waals surface area contributed by atoms with Crippen molar-refractivity contribution in [2.75, 3.05) is 18.4 Å². The molecular weight excluding hydrogens is 242 g/mol. The zero-order valence-corrected chi connectivity index (χ0v) is 10.3. The predicted octanol–water partition coefficient (Wildman–Crippen LogP) is 0.833. The van der Waals surface area contributed by atoms with Gasteiger partial charge >= 0.3 is 0 Å². The van der Waals surface area contributed by atoms with E-state index in [9.17, 15) is 8.42 Å². The molecule has 1 aromatic rings. The molecule has 0 saturated carbocycles. The zero-order valence-electron chi connectivity index (χ0n) is 9.52. The molecule has 0 heterocycles. The first-order chi connectivity index (χ1) is 8.02. The van der Waals surface area contributed by atoms with E-state index in [0.717, 1.165) is 0 Å². The molecule has 0 bridgehead atoms. The highest BCUT2D eigenvalue weighted by Crippen LogP contribution is 2.25. The van der Waals surface area contributed by atoms with Crippen LogP contribution in [0.4, 0.5) is 5.69 Å². The van der Waals surface area contributed by atoms with E-state index in [2.05, 4.69) is 9.44 Å². The third-order valence-electron chi connectivity index (χ3n) is 1.91. The molecule has 0 fully saturated rings. The van der Waals surface area contributed by atoms with Gasteiger partial charge in [-0.25, -0.2) is 0 Å². The predicted molar refractivity (Wildman–Crippen MR) is 63.9 cm³/mol. The summed E-state index contributed by atoms with van der Waals surface area (Å²) < 4.78 is 32.6. The van der Waals surface area contributed by atoms with Gasteiger partial charge in [-0.1, -0.05) is 6.92 Å². The van der Waals surface area contributed by atoms with E-state index in [0.29, 0.717) is 11.3 Å². The average molecular weight is 255 g/mol. The normalized spacial score (nSPS) is 10.6. The molecular formula is C10H13N3O3S. The lowest BCUT2D eigenvalue weighted by Gasteiger charge is -2.11. The van der Waals surface area contributed by atoms with Gasteiger partial charge in [0.2, 0.25) is 0 Å². The molecule has 0 aliphatic rings. The smallest absolute Gasteiger partial charge is 0.299 e. The lowest BCUT2D eigenvalue weighted by atomic mass is 10.2. The molecule has 0 atom stereocenters. The molecule has 0 aromatic heterocycles. The average Bonchev–Trinajstić information content (AvgIpc) is 2.29. The molecule has 0 aliphatic heterocycles. The van der Waals surface area contributed by atoms with Gasteiger partial charge in [-0.2, -0.15) is 18.4 Å². The fourth-order valence-electron chi connectivity index (χ4n) is 1.22. The summed E-state index contributed by atoms with van der Waals surface area (Å²) in [6.45, 7) is 1.96. The molecule has 1 rings (SSSR count). The van der Waals surface area contributed by atoms with E-state index in [1.165, 1.54) is 25.3 Å². The highest BCUT2D eigenvalue weighted by atomic mass is 32.2. The minimum atomic E-state index is -3.60. The number of ether oxygens (including phenoxy) is 1. The van der Waals surface area contributed by atoms with Crippen LogP contribution < -0.4 is 14.2 Å². The van der Waals surface area contributed by atoms with Gasteiger partial charge in [-0.3, -0.25) is 4.72 Å². The van der Waals surface area contributed by atoms with E-state index >= 15 is 0 Å².